The lowest BCUT2D eigenvalue weighted by Gasteiger charge is -2.00. The Hall–Kier alpha value is -1.10. The molecule has 1 fully saturated rings. The zero-order chi connectivity index (χ0) is 13.1. The number of esters is 1. The maximum Gasteiger partial charge on any atom is 0.358 e. The van der Waals surface area contributed by atoms with E-state index >= 15 is 0 Å². The SMILES string of the molecule is CCCC1CC1Nc1nc(C(=O)OCC)c(C)s1. The Morgan fingerprint density at radius 1 is 1.56 bits per heavy atom. The maximum absolute atomic E-state index is 11.6. The largest absolute Gasteiger partial charge is 0.461 e. The molecule has 18 heavy (non-hydrogen) atoms. The Morgan fingerprint density at radius 3 is 3.00 bits per heavy atom. The summed E-state index contributed by atoms with van der Waals surface area (Å²) in [5.41, 5.74) is 0.456. The quantitative estimate of drug-likeness (QED) is 0.805. The number of aromatic nitrogens is 1. The average molecular weight is 268 g/mol. The number of hydrogen-bond acceptors (Lipinski definition) is 5. The number of hydrogen-bond donors (Lipinski definition) is 1. The normalized spacial score (nSPS) is 21.7. The lowest BCUT2D eigenvalue weighted by atomic mass is 10.2. The first kappa shape index (κ1) is 13.3. The number of nitrogens with one attached hydrogen (secondary N) is 1. The van der Waals surface area contributed by atoms with E-state index in [4.69, 9.17) is 4.74 Å². The van der Waals surface area contributed by atoms with Crippen molar-refractivity contribution in [1.82, 2.24) is 4.98 Å². The Morgan fingerprint density at radius 2 is 2.33 bits per heavy atom. The van der Waals surface area contributed by atoms with Gasteiger partial charge < -0.3 is 10.1 Å². The van der Waals surface area contributed by atoms with Crippen LogP contribution in [0.4, 0.5) is 5.13 Å². The second-order valence-electron chi connectivity index (χ2n) is 4.68. The van der Waals surface area contributed by atoms with Gasteiger partial charge in [-0.1, -0.05) is 13.3 Å². The molecule has 2 rings (SSSR count). The van der Waals surface area contributed by atoms with Crippen LogP contribution in [0.1, 0.15) is 48.5 Å². The summed E-state index contributed by atoms with van der Waals surface area (Å²) in [6.45, 7) is 6.31. The van der Waals surface area contributed by atoms with Gasteiger partial charge in [0, 0.05) is 10.9 Å². The highest BCUT2D eigenvalue weighted by molar-refractivity contribution is 7.15. The van der Waals surface area contributed by atoms with Gasteiger partial charge in [0.2, 0.25) is 0 Å². The van der Waals surface area contributed by atoms with Crippen molar-refractivity contribution < 1.29 is 9.53 Å². The topological polar surface area (TPSA) is 51.2 Å². The third kappa shape index (κ3) is 3.02. The van der Waals surface area contributed by atoms with Crippen molar-refractivity contribution >= 4 is 22.4 Å². The molecule has 4 nitrogen and oxygen atoms in total. The molecule has 1 heterocycles. The van der Waals surface area contributed by atoms with Gasteiger partial charge in [0.25, 0.3) is 0 Å². The van der Waals surface area contributed by atoms with Crippen LogP contribution >= 0.6 is 11.3 Å². The molecule has 1 aromatic rings. The van der Waals surface area contributed by atoms with Crippen LogP contribution in [0, 0.1) is 12.8 Å². The fraction of sp³-hybridized carbons (Fsp3) is 0.692. The first-order valence-electron chi connectivity index (χ1n) is 6.56. The highest BCUT2D eigenvalue weighted by atomic mass is 32.1. The molecule has 0 radical (unpaired) electrons. The van der Waals surface area contributed by atoms with Gasteiger partial charge in [-0.15, -0.1) is 11.3 Å². The Balaban J connectivity index is 1.95. The minimum Gasteiger partial charge on any atom is -0.461 e. The molecule has 1 aromatic heterocycles. The molecule has 0 spiro atoms. The van der Waals surface area contributed by atoms with Crippen molar-refractivity contribution in [3.63, 3.8) is 0 Å². The van der Waals surface area contributed by atoms with Crippen molar-refractivity contribution in [3.8, 4) is 0 Å². The summed E-state index contributed by atoms with van der Waals surface area (Å²) < 4.78 is 4.98. The van der Waals surface area contributed by atoms with Crippen molar-refractivity contribution in [2.75, 3.05) is 11.9 Å². The van der Waals surface area contributed by atoms with Crippen LogP contribution < -0.4 is 5.32 Å². The van der Waals surface area contributed by atoms with Crippen LogP contribution in [-0.2, 0) is 4.74 Å². The number of anilines is 1. The first-order valence-corrected chi connectivity index (χ1v) is 7.38. The van der Waals surface area contributed by atoms with E-state index in [0.29, 0.717) is 18.3 Å². The zero-order valence-electron chi connectivity index (χ0n) is 11.2. The molecule has 1 aliphatic carbocycles. The van der Waals surface area contributed by atoms with Crippen LogP contribution in [0.2, 0.25) is 0 Å². The fourth-order valence-corrected chi connectivity index (χ4v) is 2.98. The molecule has 5 heteroatoms. The predicted molar refractivity (Wildman–Crippen MR) is 73.2 cm³/mol. The smallest absolute Gasteiger partial charge is 0.358 e. The van der Waals surface area contributed by atoms with E-state index in [1.54, 1.807) is 6.92 Å². The molecule has 0 amide bonds. The molecule has 1 aliphatic rings. The third-order valence-electron chi connectivity index (χ3n) is 3.16. The summed E-state index contributed by atoms with van der Waals surface area (Å²) in [6, 6.07) is 0.547. The minimum atomic E-state index is -0.319. The summed E-state index contributed by atoms with van der Waals surface area (Å²) in [5, 5.41) is 4.26. The lowest BCUT2D eigenvalue weighted by molar-refractivity contribution is 0.0519. The van der Waals surface area contributed by atoms with Crippen LogP contribution in [0.25, 0.3) is 0 Å². The maximum atomic E-state index is 11.6. The van der Waals surface area contributed by atoms with Crippen molar-refractivity contribution in [1.29, 1.82) is 0 Å². The summed E-state index contributed by atoms with van der Waals surface area (Å²) in [7, 11) is 0. The van der Waals surface area contributed by atoms with Gasteiger partial charge in [-0.25, -0.2) is 9.78 Å². The van der Waals surface area contributed by atoms with Crippen LogP contribution in [0.15, 0.2) is 0 Å². The van der Waals surface area contributed by atoms with E-state index in [1.165, 1.54) is 30.6 Å². The van der Waals surface area contributed by atoms with Crippen molar-refractivity contribution in [3.05, 3.63) is 10.6 Å². The Bertz CT molecular complexity index is 431. The number of rotatable bonds is 6. The van der Waals surface area contributed by atoms with Crippen molar-refractivity contribution in [2.24, 2.45) is 5.92 Å². The van der Waals surface area contributed by atoms with E-state index in [9.17, 15) is 4.79 Å². The Kier molecular flexibility index (Phi) is 4.22. The second-order valence-corrected chi connectivity index (χ2v) is 5.88. The van der Waals surface area contributed by atoms with Gasteiger partial charge >= 0.3 is 5.97 Å². The molecule has 0 bridgehead atoms. The number of thiazole rings is 1. The van der Waals surface area contributed by atoms with Gasteiger partial charge in [-0.05, 0) is 32.6 Å². The highest BCUT2D eigenvalue weighted by Gasteiger charge is 2.36. The first-order chi connectivity index (χ1) is 8.65. The van der Waals surface area contributed by atoms with E-state index in [2.05, 4.69) is 17.2 Å². The van der Waals surface area contributed by atoms with E-state index in [-0.39, 0.29) is 5.97 Å². The predicted octanol–water partition coefficient (Wildman–Crippen LogP) is 3.23. The second kappa shape index (κ2) is 5.69. The molecule has 0 aromatic carbocycles. The molecule has 0 aliphatic heterocycles. The average Bonchev–Trinajstić information content (AvgIpc) is 2.92. The molecule has 1 saturated carbocycles. The van der Waals surface area contributed by atoms with Crippen LogP contribution in [0.3, 0.4) is 0 Å². The monoisotopic (exact) mass is 268 g/mol. The van der Waals surface area contributed by atoms with E-state index in [0.717, 1.165) is 15.9 Å². The van der Waals surface area contributed by atoms with Gasteiger partial charge in [0.15, 0.2) is 10.8 Å². The van der Waals surface area contributed by atoms with Crippen LogP contribution in [-0.4, -0.2) is 23.6 Å². The molecule has 100 valence electrons. The highest BCUT2D eigenvalue weighted by Crippen LogP contribution is 2.38. The van der Waals surface area contributed by atoms with Gasteiger partial charge in [0.05, 0.1) is 6.61 Å². The summed E-state index contributed by atoms with van der Waals surface area (Å²) in [4.78, 5) is 16.9. The lowest BCUT2D eigenvalue weighted by Crippen LogP contribution is -2.08. The number of ether oxygens (including phenoxy) is 1. The van der Waals surface area contributed by atoms with Gasteiger partial charge in [-0.2, -0.15) is 0 Å². The molecule has 2 atom stereocenters. The summed E-state index contributed by atoms with van der Waals surface area (Å²) in [5.74, 6) is 0.463. The summed E-state index contributed by atoms with van der Waals surface area (Å²) in [6.07, 6.45) is 3.72. The minimum absolute atomic E-state index is 0.319. The molecule has 0 saturated heterocycles. The Labute approximate surface area is 112 Å². The molecular formula is C13H20N2O2S. The molecule has 2 unspecified atom stereocenters. The van der Waals surface area contributed by atoms with Gasteiger partial charge in [-0.3, -0.25) is 0 Å². The number of carbonyl (C=O) groups excluding carboxylic acids is 1. The van der Waals surface area contributed by atoms with E-state index in [1.807, 2.05) is 6.92 Å². The standard InChI is InChI=1S/C13H20N2O2S/c1-4-6-9-7-10(9)14-13-15-11(8(3)18-13)12(16)17-5-2/h9-10H,4-7H2,1-3H3,(H,14,15). The molecule has 1 N–H and O–H groups in total. The zero-order valence-corrected chi connectivity index (χ0v) is 12.0. The number of nitrogens with zero attached hydrogens (tertiary/aromatic N) is 1. The van der Waals surface area contributed by atoms with Crippen LogP contribution in [0.5, 0.6) is 0 Å². The summed E-state index contributed by atoms with van der Waals surface area (Å²) >= 11 is 1.53. The van der Waals surface area contributed by atoms with E-state index < -0.39 is 0 Å². The van der Waals surface area contributed by atoms with Crippen molar-refractivity contribution in [2.45, 2.75) is 46.1 Å². The number of carbonyl (C=O) groups is 1. The van der Waals surface area contributed by atoms with Gasteiger partial charge in [0.1, 0.15) is 0 Å². The third-order valence-corrected chi connectivity index (χ3v) is 4.06. The fourth-order valence-electron chi connectivity index (χ4n) is 2.12. The number of aryl methyl sites for hydroxylation is 1. The molecular weight excluding hydrogens is 248 g/mol.